The predicted molar refractivity (Wildman–Crippen MR) is 95.0 cm³/mol. The lowest BCUT2D eigenvalue weighted by atomic mass is 10.1. The third kappa shape index (κ3) is 4.89. The third-order valence-corrected chi connectivity index (χ3v) is 3.75. The van der Waals surface area contributed by atoms with Gasteiger partial charge in [-0.15, -0.1) is 0 Å². The molecule has 2 N–H and O–H groups in total. The molecule has 0 aliphatic rings. The lowest BCUT2D eigenvalue weighted by Crippen LogP contribution is -2.31. The zero-order valence-corrected chi connectivity index (χ0v) is 14.8. The molecular weight excluding hydrogens is 338 g/mol. The van der Waals surface area contributed by atoms with Gasteiger partial charge in [-0.05, 0) is 49.4 Å². The molecule has 0 saturated heterocycles. The Balaban J connectivity index is 1.95. The number of carboxylic acids is 1. The van der Waals surface area contributed by atoms with Crippen molar-refractivity contribution >= 4 is 11.9 Å². The van der Waals surface area contributed by atoms with Gasteiger partial charge < -0.3 is 24.6 Å². The molecule has 7 nitrogen and oxygen atoms in total. The molecule has 2 rings (SSSR count). The molecule has 0 aliphatic heterocycles. The van der Waals surface area contributed by atoms with E-state index < -0.39 is 5.97 Å². The van der Waals surface area contributed by atoms with Gasteiger partial charge in [-0.3, -0.25) is 4.79 Å². The Labute approximate surface area is 151 Å². The van der Waals surface area contributed by atoms with E-state index in [2.05, 4.69) is 5.32 Å². The van der Waals surface area contributed by atoms with Gasteiger partial charge in [0.15, 0.2) is 6.61 Å². The fraction of sp³-hybridized carbons (Fsp3) is 0.263. The molecule has 7 heteroatoms. The lowest BCUT2D eigenvalue weighted by Gasteiger charge is -2.18. The summed E-state index contributed by atoms with van der Waals surface area (Å²) in [6.07, 6.45) is 0. The number of hydrogen-bond donors (Lipinski definition) is 2. The summed E-state index contributed by atoms with van der Waals surface area (Å²) in [7, 11) is 3.13. The molecule has 0 aromatic heterocycles. The van der Waals surface area contributed by atoms with Crippen LogP contribution in [0.2, 0.25) is 0 Å². The molecule has 2 aromatic rings. The summed E-state index contributed by atoms with van der Waals surface area (Å²) >= 11 is 0. The van der Waals surface area contributed by atoms with Crippen LogP contribution in [-0.4, -0.2) is 37.8 Å². The molecule has 26 heavy (non-hydrogen) atoms. The van der Waals surface area contributed by atoms with E-state index in [9.17, 15) is 9.59 Å². The van der Waals surface area contributed by atoms with Crippen LogP contribution in [0.25, 0.3) is 0 Å². The maximum Gasteiger partial charge on any atom is 0.335 e. The first kappa shape index (κ1) is 19.1. The van der Waals surface area contributed by atoms with Crippen LogP contribution >= 0.6 is 0 Å². The quantitative estimate of drug-likeness (QED) is 0.753. The molecular formula is C19H21NO6. The monoisotopic (exact) mass is 359 g/mol. The van der Waals surface area contributed by atoms with Gasteiger partial charge in [-0.2, -0.15) is 0 Å². The maximum absolute atomic E-state index is 12.1. The second kappa shape index (κ2) is 8.75. The minimum absolute atomic E-state index is 0.153. The number of rotatable bonds is 8. The van der Waals surface area contributed by atoms with Crippen LogP contribution in [-0.2, 0) is 4.79 Å². The molecule has 2 aromatic carbocycles. The molecule has 138 valence electrons. The predicted octanol–water partition coefficient (Wildman–Crippen LogP) is 2.66. The Hall–Kier alpha value is -3.22. The standard InChI is InChI=1S/C19H21NO6/c1-12(16-10-15(24-2)8-9-17(16)25-3)20-18(21)11-26-14-6-4-13(5-7-14)19(22)23/h4-10,12H,11H2,1-3H3,(H,20,21)(H,22,23). The summed E-state index contributed by atoms with van der Waals surface area (Å²) in [5.41, 5.74) is 0.937. The van der Waals surface area contributed by atoms with Crippen molar-refractivity contribution < 1.29 is 28.9 Å². The van der Waals surface area contributed by atoms with Crippen molar-refractivity contribution in [3.63, 3.8) is 0 Å². The van der Waals surface area contributed by atoms with E-state index in [0.29, 0.717) is 17.2 Å². The average molecular weight is 359 g/mol. The van der Waals surface area contributed by atoms with Gasteiger partial charge in [-0.25, -0.2) is 4.79 Å². The highest BCUT2D eigenvalue weighted by atomic mass is 16.5. The van der Waals surface area contributed by atoms with Crippen LogP contribution in [0.4, 0.5) is 0 Å². The van der Waals surface area contributed by atoms with Crippen LogP contribution in [0.3, 0.4) is 0 Å². The molecule has 0 bridgehead atoms. The molecule has 0 radical (unpaired) electrons. The van der Waals surface area contributed by atoms with Crippen molar-refractivity contribution in [3.8, 4) is 17.2 Å². The summed E-state index contributed by atoms with van der Waals surface area (Å²) in [4.78, 5) is 22.9. The first-order valence-electron chi connectivity index (χ1n) is 7.92. The topological polar surface area (TPSA) is 94.1 Å². The molecule has 1 unspecified atom stereocenters. The highest BCUT2D eigenvalue weighted by Crippen LogP contribution is 2.29. The smallest absolute Gasteiger partial charge is 0.335 e. The number of benzene rings is 2. The molecule has 0 aliphatic carbocycles. The molecule has 1 amide bonds. The number of carbonyl (C=O) groups excluding carboxylic acids is 1. The highest BCUT2D eigenvalue weighted by Gasteiger charge is 2.15. The average Bonchev–Trinajstić information content (AvgIpc) is 2.66. The van der Waals surface area contributed by atoms with Gasteiger partial charge in [-0.1, -0.05) is 0 Å². The van der Waals surface area contributed by atoms with Gasteiger partial charge in [0.2, 0.25) is 0 Å². The van der Waals surface area contributed by atoms with Crippen molar-refractivity contribution in [3.05, 3.63) is 53.6 Å². The van der Waals surface area contributed by atoms with E-state index in [4.69, 9.17) is 19.3 Å². The number of nitrogens with one attached hydrogen (secondary N) is 1. The lowest BCUT2D eigenvalue weighted by molar-refractivity contribution is -0.123. The van der Waals surface area contributed by atoms with Gasteiger partial charge in [0.1, 0.15) is 17.2 Å². The normalized spacial score (nSPS) is 11.3. The molecule has 0 spiro atoms. The van der Waals surface area contributed by atoms with E-state index in [0.717, 1.165) is 5.56 Å². The van der Waals surface area contributed by atoms with E-state index >= 15 is 0 Å². The van der Waals surface area contributed by atoms with Gasteiger partial charge in [0, 0.05) is 5.56 Å². The summed E-state index contributed by atoms with van der Waals surface area (Å²) in [5.74, 6) is 0.386. The number of amides is 1. The Kier molecular flexibility index (Phi) is 6.43. The first-order valence-corrected chi connectivity index (χ1v) is 7.92. The molecule has 1 atom stereocenters. The van der Waals surface area contributed by atoms with Crippen molar-refractivity contribution in [1.82, 2.24) is 5.32 Å². The zero-order chi connectivity index (χ0) is 19.1. The van der Waals surface area contributed by atoms with Gasteiger partial charge >= 0.3 is 5.97 Å². The van der Waals surface area contributed by atoms with Crippen LogP contribution < -0.4 is 19.5 Å². The summed E-state index contributed by atoms with van der Waals surface area (Å²) in [6.45, 7) is 1.64. The second-order valence-corrected chi connectivity index (χ2v) is 5.52. The molecule has 0 heterocycles. The van der Waals surface area contributed by atoms with Crippen molar-refractivity contribution in [2.45, 2.75) is 13.0 Å². The largest absolute Gasteiger partial charge is 0.497 e. The Bertz CT molecular complexity index is 772. The van der Waals surface area contributed by atoms with Gasteiger partial charge in [0.25, 0.3) is 5.91 Å². The first-order chi connectivity index (χ1) is 12.4. The number of carboxylic acid groups (broad SMARTS) is 1. The Morgan fingerprint density at radius 1 is 1.04 bits per heavy atom. The van der Waals surface area contributed by atoms with Crippen LogP contribution in [0.15, 0.2) is 42.5 Å². The van der Waals surface area contributed by atoms with Crippen molar-refractivity contribution in [2.24, 2.45) is 0 Å². The number of carbonyl (C=O) groups is 2. The van der Waals surface area contributed by atoms with Crippen LogP contribution in [0.1, 0.15) is 28.9 Å². The Morgan fingerprint density at radius 3 is 2.27 bits per heavy atom. The maximum atomic E-state index is 12.1. The summed E-state index contributed by atoms with van der Waals surface area (Å²) in [6, 6.07) is 10.9. The number of ether oxygens (including phenoxy) is 3. The zero-order valence-electron chi connectivity index (χ0n) is 14.8. The second-order valence-electron chi connectivity index (χ2n) is 5.52. The van der Waals surface area contributed by atoms with Crippen molar-refractivity contribution in [1.29, 1.82) is 0 Å². The minimum Gasteiger partial charge on any atom is -0.497 e. The number of methoxy groups -OCH3 is 2. The summed E-state index contributed by atoms with van der Waals surface area (Å²) < 4.78 is 15.9. The van der Waals surface area contributed by atoms with Crippen LogP contribution in [0, 0.1) is 0 Å². The number of hydrogen-bond acceptors (Lipinski definition) is 5. The minimum atomic E-state index is -1.02. The molecule has 0 saturated carbocycles. The number of aromatic carboxylic acids is 1. The van der Waals surface area contributed by atoms with E-state index in [-0.39, 0.29) is 24.1 Å². The van der Waals surface area contributed by atoms with Gasteiger partial charge in [0.05, 0.1) is 25.8 Å². The third-order valence-electron chi connectivity index (χ3n) is 3.75. The van der Waals surface area contributed by atoms with E-state index in [1.165, 1.54) is 24.3 Å². The SMILES string of the molecule is COc1ccc(OC)c(C(C)NC(=O)COc2ccc(C(=O)O)cc2)c1. The van der Waals surface area contributed by atoms with E-state index in [1.54, 1.807) is 32.4 Å². The Morgan fingerprint density at radius 2 is 1.69 bits per heavy atom. The van der Waals surface area contributed by atoms with Crippen LogP contribution in [0.5, 0.6) is 17.2 Å². The van der Waals surface area contributed by atoms with E-state index in [1.807, 2.05) is 6.92 Å². The fourth-order valence-corrected chi connectivity index (χ4v) is 2.38. The summed E-state index contributed by atoms with van der Waals surface area (Å²) in [5, 5.41) is 11.7. The fourth-order valence-electron chi connectivity index (χ4n) is 2.38. The molecule has 0 fully saturated rings. The highest BCUT2D eigenvalue weighted by molar-refractivity contribution is 5.87. The van der Waals surface area contributed by atoms with Crippen molar-refractivity contribution in [2.75, 3.05) is 20.8 Å².